The number of ether oxygens (including phenoxy) is 2. The van der Waals surface area contributed by atoms with Crippen molar-refractivity contribution in [2.24, 2.45) is 4.99 Å². The molecule has 29 heavy (non-hydrogen) atoms. The molecular formula is C22H25N5O2. The Morgan fingerprint density at radius 2 is 1.93 bits per heavy atom. The molecule has 1 aromatic heterocycles. The van der Waals surface area contributed by atoms with Crippen LogP contribution in [0.25, 0.3) is 0 Å². The quantitative estimate of drug-likeness (QED) is 0.478. The third-order valence-electron chi connectivity index (χ3n) is 4.82. The first-order valence-corrected chi connectivity index (χ1v) is 9.69. The average Bonchev–Trinajstić information content (AvgIpc) is 3.43. The molecule has 0 unspecified atom stereocenters. The third kappa shape index (κ3) is 4.87. The number of guanidine groups is 1. The summed E-state index contributed by atoms with van der Waals surface area (Å²) in [5, 5.41) is 11.1. The van der Waals surface area contributed by atoms with Crippen molar-refractivity contribution in [1.29, 1.82) is 0 Å². The van der Waals surface area contributed by atoms with E-state index in [4.69, 9.17) is 9.47 Å². The first kappa shape index (κ1) is 18.9. The van der Waals surface area contributed by atoms with Crippen molar-refractivity contribution in [1.82, 2.24) is 20.4 Å². The van der Waals surface area contributed by atoms with Crippen LogP contribution in [0.15, 0.2) is 65.9 Å². The Balaban J connectivity index is 1.29. The number of aliphatic imine (C=N–C) groups is 1. The van der Waals surface area contributed by atoms with Crippen molar-refractivity contribution < 1.29 is 9.47 Å². The molecule has 0 atom stereocenters. The Bertz CT molecular complexity index is 969. The highest BCUT2D eigenvalue weighted by molar-refractivity contribution is 5.79. The molecule has 4 rings (SSSR count). The van der Waals surface area contributed by atoms with E-state index >= 15 is 0 Å². The maximum Gasteiger partial charge on any atom is 0.231 e. The second kappa shape index (κ2) is 9.14. The second-order valence-corrected chi connectivity index (χ2v) is 6.76. The van der Waals surface area contributed by atoms with Gasteiger partial charge in [0, 0.05) is 32.5 Å². The molecule has 7 heteroatoms. The van der Waals surface area contributed by atoms with Gasteiger partial charge in [0.25, 0.3) is 0 Å². The van der Waals surface area contributed by atoms with Crippen molar-refractivity contribution in [3.63, 3.8) is 0 Å². The summed E-state index contributed by atoms with van der Waals surface area (Å²) in [6.45, 7) is 2.52. The van der Waals surface area contributed by atoms with Crippen molar-refractivity contribution in [2.75, 3.05) is 20.4 Å². The van der Waals surface area contributed by atoms with Crippen LogP contribution in [0, 0.1) is 0 Å². The van der Waals surface area contributed by atoms with Gasteiger partial charge in [0.15, 0.2) is 17.5 Å². The number of benzene rings is 2. The molecule has 0 saturated carbocycles. The molecule has 2 heterocycles. The maximum absolute atomic E-state index is 5.44. The predicted molar refractivity (Wildman–Crippen MR) is 112 cm³/mol. The van der Waals surface area contributed by atoms with E-state index in [0.717, 1.165) is 37.0 Å². The SMILES string of the molecule is CN=C(NCCc1ccc2c(c1)OCO2)NCc1ccccc1Cn1cccn1. The van der Waals surface area contributed by atoms with Gasteiger partial charge in [-0.2, -0.15) is 5.10 Å². The van der Waals surface area contributed by atoms with E-state index in [-0.39, 0.29) is 0 Å². The van der Waals surface area contributed by atoms with Gasteiger partial charge in [-0.3, -0.25) is 9.67 Å². The van der Waals surface area contributed by atoms with E-state index in [2.05, 4.69) is 51.1 Å². The lowest BCUT2D eigenvalue weighted by Crippen LogP contribution is -2.38. The molecule has 2 N–H and O–H groups in total. The fourth-order valence-electron chi connectivity index (χ4n) is 3.27. The molecule has 3 aromatic rings. The molecule has 0 fully saturated rings. The van der Waals surface area contributed by atoms with Crippen LogP contribution in [0.5, 0.6) is 11.5 Å². The number of nitrogens with one attached hydrogen (secondary N) is 2. The summed E-state index contributed by atoms with van der Waals surface area (Å²) in [4.78, 5) is 4.33. The minimum absolute atomic E-state index is 0.301. The molecule has 1 aliphatic heterocycles. The minimum atomic E-state index is 0.301. The number of hydrogen-bond donors (Lipinski definition) is 2. The molecule has 0 saturated heterocycles. The van der Waals surface area contributed by atoms with Crippen molar-refractivity contribution >= 4 is 5.96 Å². The van der Waals surface area contributed by atoms with Crippen LogP contribution in [-0.2, 0) is 19.5 Å². The summed E-state index contributed by atoms with van der Waals surface area (Å²) >= 11 is 0. The Labute approximate surface area is 170 Å². The number of aromatic nitrogens is 2. The standard InChI is InChI=1S/C22H25N5O2/c1-23-22(24-11-9-17-7-8-20-21(13-17)29-16-28-20)25-14-18-5-2-3-6-19(18)15-27-12-4-10-26-27/h2-8,10,12-13H,9,11,14-16H2,1H3,(H2,23,24,25). The average molecular weight is 391 g/mol. The topological polar surface area (TPSA) is 72.7 Å². The zero-order chi connectivity index (χ0) is 19.9. The van der Waals surface area contributed by atoms with Crippen molar-refractivity contribution in [2.45, 2.75) is 19.5 Å². The summed E-state index contributed by atoms with van der Waals surface area (Å²) < 4.78 is 12.7. The molecule has 7 nitrogen and oxygen atoms in total. The highest BCUT2D eigenvalue weighted by atomic mass is 16.7. The molecule has 0 bridgehead atoms. The molecule has 150 valence electrons. The van der Waals surface area contributed by atoms with Gasteiger partial charge in [-0.05, 0) is 41.3 Å². The van der Waals surface area contributed by atoms with E-state index in [1.165, 1.54) is 16.7 Å². The van der Waals surface area contributed by atoms with Crippen LogP contribution in [0.1, 0.15) is 16.7 Å². The normalized spacial score (nSPS) is 12.8. The van der Waals surface area contributed by atoms with Gasteiger partial charge in [-0.15, -0.1) is 0 Å². The first-order chi connectivity index (χ1) is 14.3. The Morgan fingerprint density at radius 3 is 2.76 bits per heavy atom. The largest absolute Gasteiger partial charge is 0.454 e. The molecule has 0 radical (unpaired) electrons. The zero-order valence-electron chi connectivity index (χ0n) is 16.5. The fourth-order valence-corrected chi connectivity index (χ4v) is 3.27. The molecule has 0 amide bonds. The van der Waals surface area contributed by atoms with E-state index in [1.54, 1.807) is 13.2 Å². The number of fused-ring (bicyclic) bond motifs is 1. The van der Waals surface area contributed by atoms with Crippen LogP contribution < -0.4 is 20.1 Å². The van der Waals surface area contributed by atoms with Gasteiger partial charge in [-0.1, -0.05) is 30.3 Å². The molecule has 2 aromatic carbocycles. The molecular weight excluding hydrogens is 366 g/mol. The number of nitrogens with zero attached hydrogens (tertiary/aromatic N) is 3. The van der Waals surface area contributed by atoms with E-state index < -0.39 is 0 Å². The molecule has 0 spiro atoms. The smallest absolute Gasteiger partial charge is 0.231 e. The first-order valence-electron chi connectivity index (χ1n) is 9.69. The van der Waals surface area contributed by atoms with E-state index in [1.807, 2.05) is 29.1 Å². The van der Waals surface area contributed by atoms with Gasteiger partial charge in [0.2, 0.25) is 6.79 Å². The summed E-state index contributed by atoms with van der Waals surface area (Å²) in [6.07, 6.45) is 4.64. The number of hydrogen-bond acceptors (Lipinski definition) is 4. The Kier molecular flexibility index (Phi) is 5.95. The van der Waals surface area contributed by atoms with Gasteiger partial charge in [-0.25, -0.2) is 0 Å². The van der Waals surface area contributed by atoms with Crippen molar-refractivity contribution in [3.8, 4) is 11.5 Å². The highest BCUT2D eigenvalue weighted by Crippen LogP contribution is 2.32. The molecule has 1 aliphatic rings. The Hall–Kier alpha value is -3.48. The summed E-state index contributed by atoms with van der Waals surface area (Å²) in [7, 11) is 1.78. The zero-order valence-corrected chi connectivity index (χ0v) is 16.5. The lowest BCUT2D eigenvalue weighted by atomic mass is 10.1. The van der Waals surface area contributed by atoms with Crippen LogP contribution >= 0.6 is 0 Å². The van der Waals surface area contributed by atoms with E-state index in [0.29, 0.717) is 13.3 Å². The fraction of sp³-hybridized carbons (Fsp3) is 0.273. The summed E-state index contributed by atoms with van der Waals surface area (Å²) in [5.41, 5.74) is 3.66. The number of rotatable bonds is 7. The van der Waals surface area contributed by atoms with Crippen molar-refractivity contribution in [3.05, 3.63) is 77.6 Å². The van der Waals surface area contributed by atoms with Gasteiger partial charge in [0.05, 0.1) is 6.54 Å². The molecule has 0 aliphatic carbocycles. The van der Waals surface area contributed by atoms with E-state index in [9.17, 15) is 0 Å². The lowest BCUT2D eigenvalue weighted by Gasteiger charge is -2.14. The van der Waals surface area contributed by atoms with Crippen LogP contribution in [0.4, 0.5) is 0 Å². The van der Waals surface area contributed by atoms with Gasteiger partial charge < -0.3 is 20.1 Å². The van der Waals surface area contributed by atoms with Gasteiger partial charge >= 0.3 is 0 Å². The summed E-state index contributed by atoms with van der Waals surface area (Å²) in [6, 6.07) is 16.4. The van der Waals surface area contributed by atoms with Crippen LogP contribution in [0.3, 0.4) is 0 Å². The van der Waals surface area contributed by atoms with Crippen LogP contribution in [-0.4, -0.2) is 36.1 Å². The predicted octanol–water partition coefficient (Wildman–Crippen LogP) is 2.57. The summed E-state index contributed by atoms with van der Waals surface area (Å²) in [5.74, 6) is 2.41. The third-order valence-corrected chi connectivity index (χ3v) is 4.82. The maximum atomic E-state index is 5.44. The lowest BCUT2D eigenvalue weighted by molar-refractivity contribution is 0.174. The minimum Gasteiger partial charge on any atom is -0.454 e. The highest BCUT2D eigenvalue weighted by Gasteiger charge is 2.13. The van der Waals surface area contributed by atoms with Crippen LogP contribution in [0.2, 0.25) is 0 Å². The Morgan fingerprint density at radius 1 is 1.07 bits per heavy atom. The monoisotopic (exact) mass is 391 g/mol. The van der Waals surface area contributed by atoms with Gasteiger partial charge in [0.1, 0.15) is 0 Å². The second-order valence-electron chi connectivity index (χ2n) is 6.76.